The molecule has 14 nitrogen and oxygen atoms in total. The van der Waals surface area contributed by atoms with Crippen LogP contribution < -0.4 is 10.8 Å². The Morgan fingerprint density at radius 2 is 2.03 bits per heavy atom. The Labute approximate surface area is 222 Å². The molecule has 0 aliphatic carbocycles. The van der Waals surface area contributed by atoms with Crippen LogP contribution in [0.1, 0.15) is 11.3 Å². The molecule has 5 atom stereocenters. The van der Waals surface area contributed by atoms with Crippen molar-refractivity contribution < 1.29 is 28.7 Å². The third-order valence-corrected chi connectivity index (χ3v) is 8.96. The number of nitrogens with two attached hydrogens (primary N) is 1. The highest BCUT2D eigenvalue weighted by Gasteiger charge is 2.46. The van der Waals surface area contributed by atoms with Gasteiger partial charge in [-0.05, 0) is 16.6 Å². The van der Waals surface area contributed by atoms with Gasteiger partial charge in [-0.15, -0.1) is 11.8 Å². The van der Waals surface area contributed by atoms with Gasteiger partial charge >= 0.3 is 13.7 Å². The number of aromatic nitrogens is 2. The maximum Gasteiger partial charge on any atom is 0.434 e. The second-order valence-electron chi connectivity index (χ2n) is 8.48. The molecule has 1 unspecified atom stereocenters. The summed E-state index contributed by atoms with van der Waals surface area (Å²) in [5.74, 6) is 0.186. The zero-order valence-electron chi connectivity index (χ0n) is 20.4. The SMILES string of the molecule is C=C1N=C(N)C=CN1[C@@H]1S[C@H](COP(=O)(NCc2ccccc2)OCc2cnc([N+](=O)[O-])n2C)[C@@H](O)[C@@H]1O. The summed E-state index contributed by atoms with van der Waals surface area (Å²) in [6.45, 7) is 3.45. The lowest BCUT2D eigenvalue weighted by molar-refractivity contribution is -0.396. The lowest BCUT2D eigenvalue weighted by atomic mass is 10.1. The number of aliphatic imine (C=N–C) groups is 1. The van der Waals surface area contributed by atoms with Crippen molar-refractivity contribution in [1.82, 2.24) is 19.5 Å². The number of thioether (sulfide) groups is 1. The number of nitrogens with zero attached hydrogens (tertiary/aromatic N) is 5. The number of nitrogens with one attached hydrogen (secondary N) is 1. The number of nitro groups is 1. The minimum absolute atomic E-state index is 0.146. The Kier molecular flexibility index (Phi) is 8.67. The van der Waals surface area contributed by atoms with E-state index in [2.05, 4.69) is 21.6 Å². The van der Waals surface area contributed by atoms with Gasteiger partial charge in [-0.3, -0.25) is 9.05 Å². The highest BCUT2D eigenvalue weighted by atomic mass is 32.2. The van der Waals surface area contributed by atoms with Crippen LogP contribution in [0.4, 0.5) is 5.95 Å². The molecule has 1 saturated heterocycles. The summed E-state index contributed by atoms with van der Waals surface area (Å²) in [4.78, 5) is 19.9. The largest absolute Gasteiger partial charge is 0.434 e. The summed E-state index contributed by atoms with van der Waals surface area (Å²) in [5, 5.41) is 33.9. The van der Waals surface area contributed by atoms with Crippen LogP contribution in [0.2, 0.25) is 0 Å². The highest BCUT2D eigenvalue weighted by Crippen LogP contribution is 2.47. The fourth-order valence-corrected chi connectivity index (χ4v) is 6.65. The average Bonchev–Trinajstić information content (AvgIpc) is 3.40. The van der Waals surface area contributed by atoms with Gasteiger partial charge in [0.25, 0.3) is 0 Å². The second-order valence-corrected chi connectivity index (χ2v) is 11.7. The minimum Gasteiger partial charge on any atom is -0.390 e. The number of hydrogen-bond donors (Lipinski definition) is 4. The molecule has 4 rings (SSSR count). The second kappa shape index (κ2) is 11.8. The molecule has 0 saturated carbocycles. The van der Waals surface area contributed by atoms with Gasteiger partial charge in [-0.2, -0.15) is 0 Å². The first kappa shape index (κ1) is 28.0. The molecule has 2 aromatic rings. The Balaban J connectivity index is 1.45. The number of rotatable bonds is 11. The third kappa shape index (κ3) is 6.32. The molecule has 1 aromatic heterocycles. The predicted octanol–water partition coefficient (Wildman–Crippen LogP) is 1.58. The summed E-state index contributed by atoms with van der Waals surface area (Å²) in [6, 6.07) is 9.15. The normalized spacial score (nSPS) is 24.9. The molecular formula is C22H28N7O7PS. The Morgan fingerprint density at radius 3 is 2.68 bits per heavy atom. The van der Waals surface area contributed by atoms with Gasteiger partial charge in [0.2, 0.25) is 0 Å². The van der Waals surface area contributed by atoms with E-state index in [9.17, 15) is 24.9 Å². The molecule has 3 heterocycles. The zero-order chi connectivity index (χ0) is 27.4. The Bertz CT molecular complexity index is 1290. The van der Waals surface area contributed by atoms with Gasteiger partial charge in [-0.25, -0.2) is 19.2 Å². The number of aliphatic hydroxyl groups is 2. The highest BCUT2D eigenvalue weighted by molar-refractivity contribution is 8.00. The van der Waals surface area contributed by atoms with Crippen LogP contribution in [0.25, 0.3) is 0 Å². The summed E-state index contributed by atoms with van der Waals surface area (Å²) in [7, 11) is -2.56. The van der Waals surface area contributed by atoms with Crippen molar-refractivity contribution in [3.8, 4) is 0 Å². The predicted molar refractivity (Wildman–Crippen MR) is 140 cm³/mol. The maximum absolute atomic E-state index is 13.7. The van der Waals surface area contributed by atoms with Gasteiger partial charge in [0.05, 0.1) is 25.0 Å². The molecule has 1 aromatic carbocycles. The molecule has 16 heteroatoms. The monoisotopic (exact) mass is 565 g/mol. The van der Waals surface area contributed by atoms with Crippen LogP contribution >= 0.6 is 19.5 Å². The quantitative estimate of drug-likeness (QED) is 0.175. The van der Waals surface area contributed by atoms with Crippen LogP contribution in [0, 0.1) is 10.1 Å². The Morgan fingerprint density at radius 1 is 1.29 bits per heavy atom. The van der Waals surface area contributed by atoms with Crippen molar-refractivity contribution in [3.63, 3.8) is 0 Å². The standard InChI is InChI=1S/C22H28N7O7PS/c1-14-26-18(23)8-9-28(14)21-20(31)19(30)17(38-21)13-36-37(34,25-10-15-6-4-3-5-7-15)35-12-16-11-24-22(27(16)2)29(32)33/h3-9,11,17,19-21,30-31H,1,10,12-13H2,2H3,(H2,23,26)(H,25,34)/t17-,19-,20+,21-,37?/m1/s1. The third-order valence-electron chi connectivity index (χ3n) is 5.91. The lowest BCUT2D eigenvalue weighted by Crippen LogP contribution is -2.41. The topological polar surface area (TPSA) is 191 Å². The van der Waals surface area contributed by atoms with E-state index in [1.807, 2.05) is 30.3 Å². The van der Waals surface area contributed by atoms with E-state index < -0.39 is 35.5 Å². The number of benzene rings is 1. The van der Waals surface area contributed by atoms with Crippen LogP contribution in [0.3, 0.4) is 0 Å². The maximum atomic E-state index is 13.7. The van der Waals surface area contributed by atoms with Crippen LogP contribution in [-0.4, -0.2) is 64.9 Å². The van der Waals surface area contributed by atoms with Crippen LogP contribution in [0.15, 0.2) is 66.2 Å². The van der Waals surface area contributed by atoms with E-state index in [0.717, 1.165) is 5.56 Å². The summed E-state index contributed by atoms with van der Waals surface area (Å²) < 4.78 is 26.2. The van der Waals surface area contributed by atoms with Gasteiger partial charge < -0.3 is 31.0 Å². The van der Waals surface area contributed by atoms with E-state index in [0.29, 0.717) is 11.5 Å². The molecule has 204 valence electrons. The van der Waals surface area contributed by atoms with Gasteiger partial charge in [-0.1, -0.05) is 41.9 Å². The van der Waals surface area contributed by atoms with E-state index in [1.54, 1.807) is 17.2 Å². The first-order valence-corrected chi connectivity index (χ1v) is 13.9. The number of hydrogen-bond acceptors (Lipinski definition) is 12. The molecule has 5 N–H and O–H groups in total. The van der Waals surface area contributed by atoms with Crippen molar-refractivity contribution in [3.05, 3.63) is 82.6 Å². The van der Waals surface area contributed by atoms with Crippen molar-refractivity contribution >= 4 is 31.3 Å². The average molecular weight is 566 g/mol. The van der Waals surface area contributed by atoms with Crippen molar-refractivity contribution in [2.45, 2.75) is 36.0 Å². The van der Waals surface area contributed by atoms with Gasteiger partial charge in [0, 0.05) is 12.7 Å². The van der Waals surface area contributed by atoms with E-state index in [4.69, 9.17) is 14.8 Å². The summed E-state index contributed by atoms with van der Waals surface area (Å²) in [5.41, 5.74) is 6.81. The number of amidine groups is 1. The first-order chi connectivity index (χ1) is 18.1. The lowest BCUT2D eigenvalue weighted by Gasteiger charge is -2.30. The van der Waals surface area contributed by atoms with Crippen LogP contribution in [-0.2, 0) is 33.8 Å². The molecule has 0 amide bonds. The van der Waals surface area contributed by atoms with Crippen molar-refractivity contribution in [2.75, 3.05) is 6.61 Å². The van der Waals surface area contributed by atoms with Gasteiger partial charge in [0.15, 0.2) is 0 Å². The van der Waals surface area contributed by atoms with Gasteiger partial charge in [0.1, 0.15) is 41.6 Å². The first-order valence-electron chi connectivity index (χ1n) is 11.4. The van der Waals surface area contributed by atoms with Crippen molar-refractivity contribution in [2.24, 2.45) is 17.8 Å². The summed E-state index contributed by atoms with van der Waals surface area (Å²) >= 11 is 1.20. The van der Waals surface area contributed by atoms with E-state index in [-0.39, 0.29) is 31.5 Å². The fraction of sp³-hybridized carbons (Fsp3) is 0.364. The molecule has 2 aliphatic heterocycles. The molecule has 0 radical (unpaired) electrons. The smallest absolute Gasteiger partial charge is 0.390 e. The van der Waals surface area contributed by atoms with E-state index in [1.165, 1.54) is 29.6 Å². The molecule has 2 aliphatic rings. The zero-order valence-corrected chi connectivity index (χ0v) is 22.1. The van der Waals surface area contributed by atoms with Crippen molar-refractivity contribution in [1.29, 1.82) is 0 Å². The molecule has 1 fully saturated rings. The number of aliphatic hydroxyl groups excluding tert-OH is 2. The van der Waals surface area contributed by atoms with E-state index >= 15 is 0 Å². The minimum atomic E-state index is -4.01. The molecular weight excluding hydrogens is 537 g/mol. The molecule has 38 heavy (non-hydrogen) atoms. The fourth-order valence-electron chi connectivity index (χ4n) is 3.79. The molecule has 0 spiro atoms. The summed E-state index contributed by atoms with van der Waals surface area (Å²) in [6.07, 6.45) is 2.03. The molecule has 0 bridgehead atoms. The van der Waals surface area contributed by atoms with Crippen LogP contribution in [0.5, 0.6) is 0 Å². The number of imidazole rings is 1. The Hall–Kier alpha value is -3.04.